The molecule has 1 aliphatic heterocycles. The Morgan fingerprint density at radius 2 is 2.35 bits per heavy atom. The van der Waals surface area contributed by atoms with Crippen LogP contribution in [-0.2, 0) is 11.3 Å². The Hall–Kier alpha value is -1.13. The van der Waals surface area contributed by atoms with Crippen molar-refractivity contribution in [3.63, 3.8) is 0 Å². The second-order valence-corrected chi connectivity index (χ2v) is 4.61. The lowest BCUT2D eigenvalue weighted by molar-refractivity contribution is -0.142. The maximum absolute atomic E-state index is 13.1. The number of hydrogen-bond donors (Lipinski definition) is 1. The van der Waals surface area contributed by atoms with Crippen molar-refractivity contribution < 1.29 is 14.3 Å². The molecule has 1 unspecified atom stereocenters. The van der Waals surface area contributed by atoms with Gasteiger partial charge in [-0.3, -0.25) is 9.69 Å². The SMILES string of the molecule is O=C(O)C1CCCN1Cc1cc(F)ccc1Cl. The minimum Gasteiger partial charge on any atom is -0.480 e. The van der Waals surface area contributed by atoms with E-state index in [9.17, 15) is 9.18 Å². The number of benzene rings is 1. The summed E-state index contributed by atoms with van der Waals surface area (Å²) in [5, 5.41) is 9.51. The fourth-order valence-corrected chi connectivity index (χ4v) is 2.36. The molecule has 0 aliphatic carbocycles. The van der Waals surface area contributed by atoms with Crippen molar-refractivity contribution in [1.82, 2.24) is 4.90 Å². The monoisotopic (exact) mass is 257 g/mol. The summed E-state index contributed by atoms with van der Waals surface area (Å²) in [7, 11) is 0. The van der Waals surface area contributed by atoms with Crippen LogP contribution in [0.25, 0.3) is 0 Å². The van der Waals surface area contributed by atoms with Gasteiger partial charge >= 0.3 is 5.97 Å². The Balaban J connectivity index is 2.15. The summed E-state index contributed by atoms with van der Waals surface area (Å²) in [6.07, 6.45) is 1.49. The van der Waals surface area contributed by atoms with E-state index in [1.54, 1.807) is 0 Å². The molecule has 1 heterocycles. The van der Waals surface area contributed by atoms with Gasteiger partial charge in [-0.05, 0) is 43.1 Å². The summed E-state index contributed by atoms with van der Waals surface area (Å²) in [5.41, 5.74) is 0.639. The molecule has 1 aromatic rings. The third kappa shape index (κ3) is 2.76. The standard InChI is InChI=1S/C12H13ClFNO2/c13-10-4-3-9(14)6-8(10)7-15-5-1-2-11(15)12(16)17/h3-4,6,11H,1-2,5,7H2,(H,16,17). The quantitative estimate of drug-likeness (QED) is 0.905. The molecule has 2 rings (SSSR count). The normalized spacial score (nSPS) is 20.7. The molecule has 5 heteroatoms. The number of rotatable bonds is 3. The maximum atomic E-state index is 13.1. The van der Waals surface area contributed by atoms with Gasteiger partial charge in [0.1, 0.15) is 11.9 Å². The minimum absolute atomic E-state index is 0.351. The van der Waals surface area contributed by atoms with Crippen molar-refractivity contribution in [1.29, 1.82) is 0 Å². The molecule has 1 N–H and O–H groups in total. The number of carboxylic acid groups (broad SMARTS) is 1. The van der Waals surface area contributed by atoms with Gasteiger partial charge < -0.3 is 5.11 Å². The van der Waals surface area contributed by atoms with Gasteiger partial charge in [-0.25, -0.2) is 4.39 Å². The average molecular weight is 258 g/mol. The lowest BCUT2D eigenvalue weighted by Crippen LogP contribution is -2.35. The number of hydrogen-bond acceptors (Lipinski definition) is 2. The van der Waals surface area contributed by atoms with Crippen LogP contribution in [0.4, 0.5) is 4.39 Å². The molecule has 1 atom stereocenters. The minimum atomic E-state index is -0.824. The number of nitrogens with zero attached hydrogens (tertiary/aromatic N) is 1. The smallest absolute Gasteiger partial charge is 0.320 e. The first-order valence-corrected chi connectivity index (χ1v) is 5.86. The lowest BCUT2D eigenvalue weighted by Gasteiger charge is -2.21. The zero-order chi connectivity index (χ0) is 12.4. The van der Waals surface area contributed by atoms with Gasteiger partial charge in [0.2, 0.25) is 0 Å². The van der Waals surface area contributed by atoms with Gasteiger partial charge in [-0.1, -0.05) is 11.6 Å². The van der Waals surface area contributed by atoms with E-state index in [2.05, 4.69) is 0 Å². The van der Waals surface area contributed by atoms with Gasteiger partial charge in [0.15, 0.2) is 0 Å². The van der Waals surface area contributed by atoms with Crippen LogP contribution in [-0.4, -0.2) is 28.6 Å². The fourth-order valence-electron chi connectivity index (χ4n) is 2.18. The zero-order valence-corrected chi connectivity index (χ0v) is 9.95. The van der Waals surface area contributed by atoms with E-state index in [-0.39, 0.29) is 5.82 Å². The highest BCUT2D eigenvalue weighted by Crippen LogP contribution is 2.24. The van der Waals surface area contributed by atoms with E-state index in [4.69, 9.17) is 16.7 Å². The molecule has 92 valence electrons. The second kappa shape index (κ2) is 5.02. The van der Waals surface area contributed by atoms with E-state index in [0.29, 0.717) is 30.1 Å². The first-order chi connectivity index (χ1) is 8.08. The molecule has 0 amide bonds. The third-order valence-electron chi connectivity index (χ3n) is 3.03. The van der Waals surface area contributed by atoms with Crippen LogP contribution in [0, 0.1) is 5.82 Å². The Morgan fingerprint density at radius 1 is 1.59 bits per heavy atom. The Kier molecular flexibility index (Phi) is 3.64. The number of halogens is 2. The number of carboxylic acids is 1. The molecule has 1 fully saturated rings. The number of likely N-dealkylation sites (tertiary alicyclic amines) is 1. The van der Waals surface area contributed by atoms with Crippen LogP contribution in [0.5, 0.6) is 0 Å². The molecule has 0 radical (unpaired) electrons. The van der Waals surface area contributed by atoms with Crippen LogP contribution in [0.1, 0.15) is 18.4 Å². The molecule has 17 heavy (non-hydrogen) atoms. The van der Waals surface area contributed by atoms with Crippen LogP contribution in [0.3, 0.4) is 0 Å². The largest absolute Gasteiger partial charge is 0.480 e. The molecule has 1 saturated heterocycles. The summed E-state index contributed by atoms with van der Waals surface area (Å²) >= 11 is 5.96. The van der Waals surface area contributed by atoms with E-state index >= 15 is 0 Å². The third-order valence-corrected chi connectivity index (χ3v) is 3.40. The fraction of sp³-hybridized carbons (Fsp3) is 0.417. The van der Waals surface area contributed by atoms with Gasteiger partial charge in [0.05, 0.1) is 0 Å². The Bertz CT molecular complexity index is 439. The molecule has 0 saturated carbocycles. The van der Waals surface area contributed by atoms with Crippen LogP contribution < -0.4 is 0 Å². The molecule has 1 aromatic carbocycles. The summed E-state index contributed by atoms with van der Waals surface area (Å²) in [5.74, 6) is -1.18. The summed E-state index contributed by atoms with van der Waals surface area (Å²) < 4.78 is 13.1. The van der Waals surface area contributed by atoms with Crippen molar-refractivity contribution in [3.05, 3.63) is 34.6 Å². The lowest BCUT2D eigenvalue weighted by atomic mass is 10.2. The van der Waals surface area contributed by atoms with Crippen molar-refractivity contribution in [2.45, 2.75) is 25.4 Å². The van der Waals surface area contributed by atoms with Gasteiger partial charge in [-0.2, -0.15) is 0 Å². The van der Waals surface area contributed by atoms with Gasteiger partial charge in [-0.15, -0.1) is 0 Å². The van der Waals surface area contributed by atoms with Crippen molar-refractivity contribution in [2.75, 3.05) is 6.54 Å². The summed E-state index contributed by atoms with van der Waals surface area (Å²) in [6, 6.07) is 3.68. The highest BCUT2D eigenvalue weighted by atomic mass is 35.5. The van der Waals surface area contributed by atoms with Gasteiger partial charge in [0.25, 0.3) is 0 Å². The Morgan fingerprint density at radius 3 is 3.06 bits per heavy atom. The zero-order valence-electron chi connectivity index (χ0n) is 9.20. The Labute approximate surface area is 104 Å². The predicted octanol–water partition coefficient (Wildman–Crippen LogP) is 2.53. The molecular weight excluding hydrogens is 245 g/mol. The van der Waals surface area contributed by atoms with Crippen LogP contribution in [0.2, 0.25) is 5.02 Å². The molecule has 3 nitrogen and oxygen atoms in total. The molecular formula is C12H13ClFNO2. The van der Waals surface area contributed by atoms with E-state index in [1.165, 1.54) is 18.2 Å². The summed E-state index contributed by atoms with van der Waals surface area (Å²) in [6.45, 7) is 1.09. The molecule has 1 aliphatic rings. The maximum Gasteiger partial charge on any atom is 0.320 e. The van der Waals surface area contributed by atoms with Crippen molar-refractivity contribution >= 4 is 17.6 Å². The van der Waals surface area contributed by atoms with E-state index in [1.807, 2.05) is 4.90 Å². The average Bonchev–Trinajstić information content (AvgIpc) is 2.71. The molecule has 0 aromatic heterocycles. The van der Waals surface area contributed by atoms with Crippen molar-refractivity contribution in [2.24, 2.45) is 0 Å². The van der Waals surface area contributed by atoms with Crippen LogP contribution in [0.15, 0.2) is 18.2 Å². The van der Waals surface area contributed by atoms with E-state index in [0.717, 1.165) is 6.42 Å². The second-order valence-electron chi connectivity index (χ2n) is 4.20. The number of aliphatic carboxylic acids is 1. The van der Waals surface area contributed by atoms with E-state index < -0.39 is 12.0 Å². The van der Waals surface area contributed by atoms with Crippen molar-refractivity contribution in [3.8, 4) is 0 Å². The highest BCUT2D eigenvalue weighted by molar-refractivity contribution is 6.31. The molecule has 0 spiro atoms. The summed E-state index contributed by atoms with van der Waals surface area (Å²) in [4.78, 5) is 12.8. The first-order valence-electron chi connectivity index (χ1n) is 5.48. The molecule has 0 bridgehead atoms. The predicted molar refractivity (Wildman–Crippen MR) is 62.5 cm³/mol. The van der Waals surface area contributed by atoms with Gasteiger partial charge in [0, 0.05) is 11.6 Å². The topological polar surface area (TPSA) is 40.5 Å². The highest BCUT2D eigenvalue weighted by Gasteiger charge is 2.30. The van der Waals surface area contributed by atoms with Crippen LogP contribution >= 0.6 is 11.6 Å². The first kappa shape index (κ1) is 12.3. The number of carbonyl (C=O) groups is 1.